The van der Waals surface area contributed by atoms with Gasteiger partial charge >= 0.3 is 0 Å². The molecule has 1 nitrogen and oxygen atoms in total. The van der Waals surface area contributed by atoms with Crippen molar-refractivity contribution < 1.29 is 4.74 Å². The van der Waals surface area contributed by atoms with E-state index in [2.05, 4.69) is 13.5 Å². The average molecular weight is 243 g/mol. The molecule has 0 N–H and O–H groups in total. The van der Waals surface area contributed by atoms with E-state index in [9.17, 15) is 0 Å². The van der Waals surface area contributed by atoms with Gasteiger partial charge in [-0.2, -0.15) is 11.8 Å². The summed E-state index contributed by atoms with van der Waals surface area (Å²) in [7, 11) is 0. The molecule has 1 atom stereocenters. The number of rotatable bonds is 6. The Morgan fingerprint density at radius 3 is 2.73 bits per heavy atom. The van der Waals surface area contributed by atoms with Gasteiger partial charge in [-0.25, -0.2) is 0 Å². The van der Waals surface area contributed by atoms with E-state index < -0.39 is 0 Å². The fourth-order valence-electron chi connectivity index (χ4n) is 1.02. The second-order valence-corrected chi connectivity index (χ2v) is 5.11. The number of halogens is 1. The zero-order valence-electron chi connectivity index (χ0n) is 8.78. The van der Waals surface area contributed by atoms with Crippen molar-refractivity contribution in [3.05, 3.63) is 41.9 Å². The standard InChI is InChI=1S/C12H15ClOS/c1-3-8-15-10(2)9-14-12-6-4-11(13)5-7-12/h3-7,10H,1,8-9H2,2H3. The topological polar surface area (TPSA) is 9.23 Å². The molecule has 82 valence electrons. The first-order valence-electron chi connectivity index (χ1n) is 4.83. The fourth-order valence-corrected chi connectivity index (χ4v) is 1.78. The highest BCUT2D eigenvalue weighted by molar-refractivity contribution is 8.00. The smallest absolute Gasteiger partial charge is 0.119 e. The minimum absolute atomic E-state index is 0.471. The average Bonchev–Trinajstić information content (AvgIpc) is 2.25. The van der Waals surface area contributed by atoms with E-state index >= 15 is 0 Å². The first-order valence-corrected chi connectivity index (χ1v) is 6.26. The maximum atomic E-state index is 5.77. The molecule has 0 heterocycles. The normalized spacial score (nSPS) is 12.1. The molecule has 0 spiro atoms. The van der Waals surface area contributed by atoms with Crippen molar-refractivity contribution in [3.63, 3.8) is 0 Å². The molecule has 1 aromatic rings. The summed E-state index contributed by atoms with van der Waals surface area (Å²) in [4.78, 5) is 0. The van der Waals surface area contributed by atoms with Gasteiger partial charge < -0.3 is 4.74 Å². The predicted molar refractivity (Wildman–Crippen MR) is 69.1 cm³/mol. The molecule has 15 heavy (non-hydrogen) atoms. The van der Waals surface area contributed by atoms with Gasteiger partial charge in [0.1, 0.15) is 5.75 Å². The van der Waals surface area contributed by atoms with Gasteiger partial charge in [0.25, 0.3) is 0 Å². The second-order valence-electron chi connectivity index (χ2n) is 3.20. The highest BCUT2D eigenvalue weighted by Gasteiger charge is 2.02. The van der Waals surface area contributed by atoms with Crippen molar-refractivity contribution >= 4 is 23.4 Å². The van der Waals surface area contributed by atoms with Crippen molar-refractivity contribution in [3.8, 4) is 5.75 Å². The highest BCUT2D eigenvalue weighted by Crippen LogP contribution is 2.17. The largest absolute Gasteiger partial charge is 0.492 e. The lowest BCUT2D eigenvalue weighted by molar-refractivity contribution is 0.322. The first kappa shape index (κ1) is 12.5. The van der Waals surface area contributed by atoms with Crippen molar-refractivity contribution in [2.45, 2.75) is 12.2 Å². The lowest BCUT2D eigenvalue weighted by Crippen LogP contribution is -2.10. The summed E-state index contributed by atoms with van der Waals surface area (Å²) in [6, 6.07) is 7.43. The van der Waals surface area contributed by atoms with Gasteiger partial charge in [0.2, 0.25) is 0 Å². The number of benzene rings is 1. The van der Waals surface area contributed by atoms with Gasteiger partial charge in [-0.3, -0.25) is 0 Å². The van der Waals surface area contributed by atoms with Crippen LogP contribution in [0.15, 0.2) is 36.9 Å². The summed E-state index contributed by atoms with van der Waals surface area (Å²) in [5.41, 5.74) is 0. The quantitative estimate of drug-likeness (QED) is 0.697. The van der Waals surface area contributed by atoms with Crippen LogP contribution in [0.25, 0.3) is 0 Å². The van der Waals surface area contributed by atoms with Crippen molar-refractivity contribution in [2.24, 2.45) is 0 Å². The summed E-state index contributed by atoms with van der Waals surface area (Å²) >= 11 is 7.60. The molecule has 0 amide bonds. The van der Waals surface area contributed by atoms with E-state index in [4.69, 9.17) is 16.3 Å². The molecule has 0 aliphatic rings. The van der Waals surface area contributed by atoms with E-state index in [1.54, 1.807) is 0 Å². The van der Waals surface area contributed by atoms with Crippen molar-refractivity contribution in [2.75, 3.05) is 12.4 Å². The van der Waals surface area contributed by atoms with Crippen LogP contribution in [0.3, 0.4) is 0 Å². The predicted octanol–water partition coefficient (Wildman–Crippen LogP) is 4.03. The lowest BCUT2D eigenvalue weighted by atomic mass is 10.3. The summed E-state index contributed by atoms with van der Waals surface area (Å²) < 4.78 is 5.61. The number of thioether (sulfide) groups is 1. The molecule has 0 aromatic heterocycles. The van der Waals surface area contributed by atoms with Gasteiger partial charge in [-0.05, 0) is 31.2 Å². The molecule has 0 saturated carbocycles. The van der Waals surface area contributed by atoms with Gasteiger partial charge in [0.05, 0.1) is 6.61 Å². The van der Waals surface area contributed by atoms with Gasteiger partial charge in [0, 0.05) is 16.0 Å². The van der Waals surface area contributed by atoms with Crippen LogP contribution in [-0.2, 0) is 0 Å². The molecule has 0 aliphatic carbocycles. The lowest BCUT2D eigenvalue weighted by Gasteiger charge is -2.11. The van der Waals surface area contributed by atoms with Gasteiger partial charge in [-0.15, -0.1) is 6.58 Å². The third kappa shape index (κ3) is 5.14. The number of hydrogen-bond donors (Lipinski definition) is 0. The van der Waals surface area contributed by atoms with E-state index in [1.807, 2.05) is 42.1 Å². The third-order valence-electron chi connectivity index (χ3n) is 1.80. The van der Waals surface area contributed by atoms with Crippen LogP contribution in [0, 0.1) is 0 Å². The maximum Gasteiger partial charge on any atom is 0.119 e. The van der Waals surface area contributed by atoms with Gasteiger partial charge in [-0.1, -0.05) is 17.7 Å². The van der Waals surface area contributed by atoms with E-state index in [0.29, 0.717) is 11.9 Å². The molecule has 0 bridgehead atoms. The Morgan fingerprint density at radius 2 is 2.13 bits per heavy atom. The molecule has 0 aliphatic heterocycles. The minimum atomic E-state index is 0.471. The van der Waals surface area contributed by atoms with Crippen LogP contribution >= 0.6 is 23.4 Å². The Bertz CT molecular complexity index is 297. The van der Waals surface area contributed by atoms with Crippen LogP contribution in [0.4, 0.5) is 0 Å². The second kappa shape index (κ2) is 6.81. The monoisotopic (exact) mass is 242 g/mol. The van der Waals surface area contributed by atoms with Crippen LogP contribution < -0.4 is 4.74 Å². The molecule has 1 rings (SSSR count). The molecule has 0 radical (unpaired) electrons. The summed E-state index contributed by atoms with van der Waals surface area (Å²) in [5.74, 6) is 1.83. The zero-order chi connectivity index (χ0) is 11.1. The summed E-state index contributed by atoms with van der Waals surface area (Å²) in [5, 5.41) is 1.20. The maximum absolute atomic E-state index is 5.77. The minimum Gasteiger partial charge on any atom is -0.492 e. The zero-order valence-corrected chi connectivity index (χ0v) is 10.4. The van der Waals surface area contributed by atoms with Crippen LogP contribution in [0.1, 0.15) is 6.92 Å². The SMILES string of the molecule is C=CCSC(C)COc1ccc(Cl)cc1. The fraction of sp³-hybridized carbons (Fsp3) is 0.333. The molecule has 0 saturated heterocycles. The molecular weight excluding hydrogens is 228 g/mol. The Balaban J connectivity index is 2.30. The van der Waals surface area contributed by atoms with Crippen LogP contribution in [-0.4, -0.2) is 17.6 Å². The Kier molecular flexibility index (Phi) is 5.66. The Hall–Kier alpha value is -0.600. The van der Waals surface area contributed by atoms with Crippen molar-refractivity contribution in [1.29, 1.82) is 0 Å². The third-order valence-corrected chi connectivity index (χ3v) is 3.18. The first-order chi connectivity index (χ1) is 7.22. The summed E-state index contributed by atoms with van der Waals surface area (Å²) in [6.45, 7) is 6.54. The van der Waals surface area contributed by atoms with Gasteiger partial charge in [0.15, 0.2) is 0 Å². The molecular formula is C12H15ClOS. The Labute approximate surface area is 100 Å². The van der Waals surface area contributed by atoms with Crippen LogP contribution in [0.2, 0.25) is 5.02 Å². The van der Waals surface area contributed by atoms with Crippen LogP contribution in [0.5, 0.6) is 5.75 Å². The Morgan fingerprint density at radius 1 is 1.47 bits per heavy atom. The highest BCUT2D eigenvalue weighted by atomic mass is 35.5. The van der Waals surface area contributed by atoms with E-state index in [-0.39, 0.29) is 0 Å². The number of hydrogen-bond acceptors (Lipinski definition) is 2. The molecule has 3 heteroatoms. The molecule has 1 aromatic carbocycles. The molecule has 1 unspecified atom stereocenters. The van der Waals surface area contributed by atoms with Crippen molar-refractivity contribution in [1.82, 2.24) is 0 Å². The molecule has 0 fully saturated rings. The summed E-state index contributed by atoms with van der Waals surface area (Å²) in [6.07, 6.45) is 1.91. The van der Waals surface area contributed by atoms with E-state index in [0.717, 1.165) is 16.5 Å². The van der Waals surface area contributed by atoms with E-state index in [1.165, 1.54) is 0 Å². The number of ether oxygens (including phenoxy) is 1.